The summed E-state index contributed by atoms with van der Waals surface area (Å²) in [6, 6.07) is 65.7. The van der Waals surface area contributed by atoms with Gasteiger partial charge in [-0.25, -0.2) is 15.0 Å². The molecule has 5 heteroatoms. The largest absolute Gasteiger partial charge is 0.456 e. The van der Waals surface area contributed by atoms with Crippen LogP contribution in [0.1, 0.15) is 0 Å². The zero-order valence-electron chi connectivity index (χ0n) is 30.1. The summed E-state index contributed by atoms with van der Waals surface area (Å²) in [5, 5.41) is 4.68. The number of aromatic nitrogens is 3. The van der Waals surface area contributed by atoms with E-state index in [2.05, 4.69) is 152 Å². The van der Waals surface area contributed by atoms with Crippen molar-refractivity contribution in [3.8, 4) is 67.5 Å². The van der Waals surface area contributed by atoms with Gasteiger partial charge in [0, 0.05) is 53.2 Å². The molecule has 0 saturated carbocycles. The van der Waals surface area contributed by atoms with E-state index in [0.717, 1.165) is 55.3 Å². The lowest BCUT2D eigenvalue weighted by atomic mass is 9.93. The number of nitrogens with zero attached hydrogens (tertiary/aromatic N) is 3. The van der Waals surface area contributed by atoms with Gasteiger partial charge in [0.05, 0.1) is 0 Å². The number of thiophene rings is 1. The number of hydrogen-bond donors (Lipinski definition) is 0. The van der Waals surface area contributed by atoms with Crippen LogP contribution in [0.15, 0.2) is 192 Å². The lowest BCUT2D eigenvalue weighted by Crippen LogP contribution is -2.00. The first-order chi connectivity index (χ1) is 27.7. The molecule has 11 rings (SSSR count). The van der Waals surface area contributed by atoms with Crippen LogP contribution in [0.3, 0.4) is 0 Å². The van der Waals surface area contributed by atoms with Crippen molar-refractivity contribution >= 4 is 53.4 Å². The van der Waals surface area contributed by atoms with Crippen LogP contribution in [0, 0.1) is 0 Å². The van der Waals surface area contributed by atoms with E-state index in [1.165, 1.54) is 36.9 Å². The summed E-state index contributed by atoms with van der Waals surface area (Å²) >= 11 is 1.86. The smallest absolute Gasteiger partial charge is 0.164 e. The van der Waals surface area contributed by atoms with Crippen molar-refractivity contribution in [2.45, 2.75) is 0 Å². The molecule has 56 heavy (non-hydrogen) atoms. The number of furan rings is 1. The van der Waals surface area contributed by atoms with Crippen LogP contribution in [-0.2, 0) is 0 Å². The van der Waals surface area contributed by atoms with Crippen LogP contribution in [0.2, 0.25) is 0 Å². The lowest BCUT2D eigenvalue weighted by Gasteiger charge is -2.10. The molecule has 0 aliphatic rings. The summed E-state index contributed by atoms with van der Waals surface area (Å²) < 4.78 is 9.24. The summed E-state index contributed by atoms with van der Waals surface area (Å²) in [5.74, 6) is 1.83. The molecule has 4 nitrogen and oxygen atoms in total. The van der Waals surface area contributed by atoms with E-state index in [0.29, 0.717) is 17.5 Å². The molecule has 0 spiro atoms. The zero-order chi connectivity index (χ0) is 37.0. The van der Waals surface area contributed by atoms with Crippen molar-refractivity contribution in [1.82, 2.24) is 15.0 Å². The highest BCUT2D eigenvalue weighted by Gasteiger charge is 2.19. The van der Waals surface area contributed by atoms with Gasteiger partial charge in [0.15, 0.2) is 17.5 Å². The number of hydrogen-bond acceptors (Lipinski definition) is 5. The molecule has 0 radical (unpaired) electrons. The molecule has 0 aliphatic heterocycles. The van der Waals surface area contributed by atoms with Gasteiger partial charge < -0.3 is 4.42 Å². The molecule has 0 saturated heterocycles. The summed E-state index contributed by atoms with van der Waals surface area (Å²) in [7, 11) is 0. The monoisotopic (exact) mass is 733 g/mol. The fourth-order valence-electron chi connectivity index (χ4n) is 7.81. The number of rotatable bonds is 6. The molecule has 0 unspecified atom stereocenters. The lowest BCUT2D eigenvalue weighted by molar-refractivity contribution is 0.669. The minimum absolute atomic E-state index is 0.589. The van der Waals surface area contributed by atoms with Crippen LogP contribution in [0.25, 0.3) is 110 Å². The van der Waals surface area contributed by atoms with E-state index in [9.17, 15) is 0 Å². The Hall–Kier alpha value is -7.21. The molecule has 0 aliphatic carbocycles. The Labute approximate surface area is 327 Å². The summed E-state index contributed by atoms with van der Waals surface area (Å²) in [6.07, 6.45) is 0. The minimum atomic E-state index is 0.589. The molecular formula is C51H31N3OS. The van der Waals surface area contributed by atoms with Crippen molar-refractivity contribution < 1.29 is 4.42 Å². The molecule has 0 fully saturated rings. The standard InChI is InChI=1S/C51H31N3OS/c1-4-13-32(14-5-1)33-23-25-36(26-24-33)50-52-49(35-17-8-3-9-18-35)53-51(54-50)37-27-28-41-45(31-37)55-44-21-12-20-39(47(41)44)38-29-42(34-15-6-2-7-16-34)48-43(30-38)40-19-10-11-22-46(40)56-48/h1-31H. The molecule has 0 N–H and O–H groups in total. The fourth-order valence-corrected chi connectivity index (χ4v) is 9.03. The first kappa shape index (κ1) is 32.2. The molecule has 0 amide bonds. The van der Waals surface area contributed by atoms with Crippen LogP contribution in [0.5, 0.6) is 0 Å². The first-order valence-electron chi connectivity index (χ1n) is 18.7. The van der Waals surface area contributed by atoms with Crippen LogP contribution in [-0.4, -0.2) is 15.0 Å². The predicted octanol–water partition coefficient (Wildman–Crippen LogP) is 14.1. The third-order valence-corrected chi connectivity index (χ3v) is 11.8. The second-order valence-electron chi connectivity index (χ2n) is 14.0. The molecule has 8 aromatic carbocycles. The van der Waals surface area contributed by atoms with Gasteiger partial charge in [-0.2, -0.15) is 0 Å². The SMILES string of the molecule is c1ccc(-c2ccc(-c3nc(-c4ccccc4)nc(-c4ccc5c(c4)oc4cccc(-c6cc(-c7ccccc7)c7sc8ccccc8c7c6)c45)n3)cc2)cc1. The normalized spacial score (nSPS) is 11.6. The second kappa shape index (κ2) is 13.3. The van der Waals surface area contributed by atoms with Crippen molar-refractivity contribution in [2.75, 3.05) is 0 Å². The second-order valence-corrected chi connectivity index (χ2v) is 15.0. The zero-order valence-corrected chi connectivity index (χ0v) is 30.9. The molecule has 3 heterocycles. The Morgan fingerprint density at radius 2 is 0.911 bits per heavy atom. The van der Waals surface area contributed by atoms with Crippen molar-refractivity contribution in [3.63, 3.8) is 0 Å². The fraction of sp³-hybridized carbons (Fsp3) is 0. The van der Waals surface area contributed by atoms with E-state index in [-0.39, 0.29) is 0 Å². The van der Waals surface area contributed by atoms with E-state index >= 15 is 0 Å². The van der Waals surface area contributed by atoms with Crippen molar-refractivity contribution in [1.29, 1.82) is 0 Å². The number of benzene rings is 8. The van der Waals surface area contributed by atoms with Crippen LogP contribution in [0.4, 0.5) is 0 Å². The van der Waals surface area contributed by atoms with Crippen molar-refractivity contribution in [2.24, 2.45) is 0 Å². The summed E-state index contributed by atoms with van der Waals surface area (Å²) in [6.45, 7) is 0. The highest BCUT2D eigenvalue weighted by Crippen LogP contribution is 2.45. The van der Waals surface area contributed by atoms with Gasteiger partial charge in [0.25, 0.3) is 0 Å². The third-order valence-electron chi connectivity index (χ3n) is 10.5. The van der Waals surface area contributed by atoms with E-state index in [1.54, 1.807) is 0 Å². The third kappa shape index (κ3) is 5.56. The van der Waals surface area contributed by atoms with Gasteiger partial charge >= 0.3 is 0 Å². The highest BCUT2D eigenvalue weighted by atomic mass is 32.1. The van der Waals surface area contributed by atoms with Gasteiger partial charge in [-0.3, -0.25) is 0 Å². The van der Waals surface area contributed by atoms with Gasteiger partial charge in [-0.1, -0.05) is 152 Å². The van der Waals surface area contributed by atoms with Gasteiger partial charge in [0.2, 0.25) is 0 Å². The topological polar surface area (TPSA) is 51.8 Å². The van der Waals surface area contributed by atoms with E-state index in [4.69, 9.17) is 19.4 Å². The molecule has 3 aromatic heterocycles. The molecule has 0 bridgehead atoms. The number of fused-ring (bicyclic) bond motifs is 6. The van der Waals surface area contributed by atoms with Gasteiger partial charge in [-0.05, 0) is 64.2 Å². The average Bonchev–Trinajstić information content (AvgIpc) is 3.85. The van der Waals surface area contributed by atoms with Crippen LogP contribution >= 0.6 is 11.3 Å². The Morgan fingerprint density at radius 1 is 0.339 bits per heavy atom. The Kier molecular flexibility index (Phi) is 7.64. The maximum absolute atomic E-state index is 6.65. The van der Waals surface area contributed by atoms with Gasteiger partial charge in [0.1, 0.15) is 11.2 Å². The maximum atomic E-state index is 6.65. The van der Waals surface area contributed by atoms with E-state index < -0.39 is 0 Å². The van der Waals surface area contributed by atoms with E-state index in [1.807, 2.05) is 47.7 Å². The molecule has 11 aromatic rings. The van der Waals surface area contributed by atoms with Crippen LogP contribution < -0.4 is 0 Å². The maximum Gasteiger partial charge on any atom is 0.164 e. The Morgan fingerprint density at radius 3 is 1.64 bits per heavy atom. The van der Waals surface area contributed by atoms with Gasteiger partial charge in [-0.15, -0.1) is 11.3 Å². The summed E-state index contributed by atoms with van der Waals surface area (Å²) in [4.78, 5) is 15.0. The Balaban J connectivity index is 1.05. The Bertz CT molecular complexity index is 3230. The average molecular weight is 734 g/mol. The highest BCUT2D eigenvalue weighted by molar-refractivity contribution is 7.26. The van der Waals surface area contributed by atoms with Crippen molar-refractivity contribution in [3.05, 3.63) is 188 Å². The quantitative estimate of drug-likeness (QED) is 0.171. The minimum Gasteiger partial charge on any atom is -0.456 e. The summed E-state index contributed by atoms with van der Waals surface area (Å²) in [5.41, 5.74) is 11.4. The molecule has 0 atom stereocenters. The molecular weight excluding hydrogens is 703 g/mol. The predicted molar refractivity (Wildman–Crippen MR) is 233 cm³/mol. The molecule has 262 valence electrons. The first-order valence-corrected chi connectivity index (χ1v) is 19.5.